The molecular formula is C30H36BrN3O5S. The Morgan fingerprint density at radius 2 is 1.62 bits per heavy atom. The third-order valence-electron chi connectivity index (χ3n) is 6.61. The Kier molecular flexibility index (Phi) is 11.2. The minimum Gasteiger partial charge on any atom is -0.497 e. The van der Waals surface area contributed by atoms with E-state index in [0.29, 0.717) is 22.3 Å². The minimum atomic E-state index is -4.11. The molecule has 1 N–H and O–H groups in total. The number of anilines is 1. The normalized spacial score (nSPS) is 12.7. The number of amides is 2. The van der Waals surface area contributed by atoms with Crippen LogP contribution in [0.5, 0.6) is 5.75 Å². The summed E-state index contributed by atoms with van der Waals surface area (Å²) in [5, 5.41) is 2.98. The number of nitrogens with zero attached hydrogens (tertiary/aromatic N) is 2. The summed E-state index contributed by atoms with van der Waals surface area (Å²) in [7, 11) is -2.54. The van der Waals surface area contributed by atoms with Gasteiger partial charge in [0, 0.05) is 17.1 Å². The molecule has 0 spiro atoms. The van der Waals surface area contributed by atoms with Gasteiger partial charge in [-0.15, -0.1) is 0 Å². The fraction of sp³-hybridized carbons (Fsp3) is 0.333. The second-order valence-corrected chi connectivity index (χ2v) is 12.2. The van der Waals surface area contributed by atoms with E-state index in [-0.39, 0.29) is 23.4 Å². The van der Waals surface area contributed by atoms with Gasteiger partial charge in [0.15, 0.2) is 0 Å². The summed E-state index contributed by atoms with van der Waals surface area (Å²) < 4.78 is 34.7. The molecule has 2 atom stereocenters. The summed E-state index contributed by atoms with van der Waals surface area (Å²) >= 11 is 3.41. The van der Waals surface area contributed by atoms with Crippen LogP contribution in [-0.4, -0.2) is 50.9 Å². The van der Waals surface area contributed by atoms with Crippen LogP contribution in [0, 0.1) is 0 Å². The van der Waals surface area contributed by atoms with Crippen LogP contribution in [0.3, 0.4) is 0 Å². The minimum absolute atomic E-state index is 0.0611. The van der Waals surface area contributed by atoms with E-state index in [9.17, 15) is 18.0 Å². The number of nitrogens with one attached hydrogen (secondary N) is 1. The Morgan fingerprint density at radius 1 is 0.950 bits per heavy atom. The number of rotatable bonds is 13. The highest BCUT2D eigenvalue weighted by atomic mass is 79.9. The lowest BCUT2D eigenvalue weighted by atomic mass is 10.1. The summed E-state index contributed by atoms with van der Waals surface area (Å²) in [6.45, 7) is 5.34. The molecule has 0 aromatic heterocycles. The van der Waals surface area contributed by atoms with Gasteiger partial charge in [0.25, 0.3) is 10.0 Å². The van der Waals surface area contributed by atoms with Crippen molar-refractivity contribution in [2.75, 3.05) is 18.0 Å². The third-order valence-corrected chi connectivity index (χ3v) is 8.89. The number of benzene rings is 3. The second kappa shape index (κ2) is 14.3. The van der Waals surface area contributed by atoms with Crippen molar-refractivity contribution < 1.29 is 22.7 Å². The Balaban J connectivity index is 2.04. The third kappa shape index (κ3) is 7.85. The van der Waals surface area contributed by atoms with Gasteiger partial charge >= 0.3 is 0 Å². The fourth-order valence-corrected chi connectivity index (χ4v) is 5.98. The van der Waals surface area contributed by atoms with Crippen LogP contribution in [-0.2, 0) is 26.2 Å². The van der Waals surface area contributed by atoms with Crippen molar-refractivity contribution in [3.8, 4) is 5.75 Å². The highest BCUT2D eigenvalue weighted by Crippen LogP contribution is 2.27. The van der Waals surface area contributed by atoms with Gasteiger partial charge in [-0.05, 0) is 67.8 Å². The van der Waals surface area contributed by atoms with E-state index < -0.39 is 28.5 Å². The van der Waals surface area contributed by atoms with Gasteiger partial charge in [-0.1, -0.05) is 66.2 Å². The zero-order valence-corrected chi connectivity index (χ0v) is 25.6. The van der Waals surface area contributed by atoms with Gasteiger partial charge in [0.05, 0.1) is 17.7 Å². The fourth-order valence-electron chi connectivity index (χ4n) is 4.17. The van der Waals surface area contributed by atoms with Gasteiger partial charge < -0.3 is 15.0 Å². The van der Waals surface area contributed by atoms with Crippen LogP contribution in [0.25, 0.3) is 0 Å². The molecule has 0 fully saturated rings. The number of methoxy groups -OCH3 is 1. The lowest BCUT2D eigenvalue weighted by Gasteiger charge is -2.33. The smallest absolute Gasteiger partial charge is 0.264 e. The van der Waals surface area contributed by atoms with Crippen molar-refractivity contribution in [1.29, 1.82) is 0 Å². The highest BCUT2D eigenvalue weighted by Gasteiger charge is 2.34. The molecule has 0 aliphatic carbocycles. The van der Waals surface area contributed by atoms with Gasteiger partial charge in [-0.25, -0.2) is 8.42 Å². The van der Waals surface area contributed by atoms with Crippen LogP contribution in [0.1, 0.15) is 39.2 Å². The van der Waals surface area contributed by atoms with Gasteiger partial charge in [0.2, 0.25) is 11.8 Å². The number of halogens is 1. The molecule has 0 saturated carbocycles. The summed E-state index contributed by atoms with van der Waals surface area (Å²) in [4.78, 5) is 28.9. The predicted octanol–water partition coefficient (Wildman–Crippen LogP) is 5.38. The number of sulfonamides is 1. The van der Waals surface area contributed by atoms with Gasteiger partial charge in [0.1, 0.15) is 18.3 Å². The number of hydrogen-bond acceptors (Lipinski definition) is 5. The first kappa shape index (κ1) is 31.2. The van der Waals surface area contributed by atoms with Crippen LogP contribution < -0.4 is 14.4 Å². The van der Waals surface area contributed by atoms with Gasteiger partial charge in [-0.2, -0.15) is 0 Å². The van der Waals surface area contributed by atoms with Gasteiger partial charge in [-0.3, -0.25) is 13.9 Å². The largest absolute Gasteiger partial charge is 0.497 e. The Hall–Kier alpha value is -3.37. The maximum Gasteiger partial charge on any atom is 0.264 e. The Bertz CT molecular complexity index is 1380. The van der Waals surface area contributed by atoms with E-state index in [2.05, 4.69) is 21.2 Å². The molecule has 40 heavy (non-hydrogen) atoms. The first-order chi connectivity index (χ1) is 19.1. The SMILES string of the molecule is CC[C@@H](C)NC(=O)[C@H](CC)N(Cc1ccc(OC)cc1)C(=O)CN(c1cccc(Br)c1)S(=O)(=O)c1ccccc1. The quantitative estimate of drug-likeness (QED) is 0.274. The van der Waals surface area contributed by atoms with E-state index in [1.54, 1.807) is 61.7 Å². The number of hydrogen-bond donors (Lipinski definition) is 1. The molecule has 214 valence electrons. The zero-order valence-electron chi connectivity index (χ0n) is 23.2. The van der Waals surface area contributed by atoms with Crippen molar-refractivity contribution in [2.45, 2.75) is 57.1 Å². The van der Waals surface area contributed by atoms with Crippen molar-refractivity contribution in [3.05, 3.63) is 88.9 Å². The van der Waals surface area contributed by atoms with E-state index in [4.69, 9.17) is 4.74 Å². The molecule has 3 aromatic rings. The molecule has 0 aliphatic rings. The Morgan fingerprint density at radius 3 is 2.20 bits per heavy atom. The molecule has 0 saturated heterocycles. The molecule has 0 bridgehead atoms. The van der Waals surface area contributed by atoms with Crippen molar-refractivity contribution in [3.63, 3.8) is 0 Å². The summed E-state index contributed by atoms with van der Waals surface area (Å²) in [6.07, 6.45) is 1.09. The summed E-state index contributed by atoms with van der Waals surface area (Å²) in [5.41, 5.74) is 1.11. The van der Waals surface area contributed by atoms with E-state index >= 15 is 0 Å². The predicted molar refractivity (Wildman–Crippen MR) is 161 cm³/mol. The van der Waals surface area contributed by atoms with Crippen LogP contribution in [0.4, 0.5) is 5.69 Å². The molecule has 2 amide bonds. The second-order valence-electron chi connectivity index (χ2n) is 9.42. The lowest BCUT2D eigenvalue weighted by Crippen LogP contribution is -2.53. The number of carbonyl (C=O) groups is 2. The molecule has 0 aliphatic heterocycles. The van der Waals surface area contributed by atoms with Crippen LogP contribution in [0.15, 0.2) is 88.2 Å². The topological polar surface area (TPSA) is 96.0 Å². The number of carbonyl (C=O) groups excluding carboxylic acids is 2. The van der Waals surface area contributed by atoms with Crippen LogP contribution in [0.2, 0.25) is 0 Å². The van der Waals surface area contributed by atoms with E-state index in [0.717, 1.165) is 16.3 Å². The monoisotopic (exact) mass is 629 g/mol. The average molecular weight is 631 g/mol. The summed E-state index contributed by atoms with van der Waals surface area (Å²) in [6, 6.07) is 21.1. The zero-order chi connectivity index (χ0) is 29.3. The highest BCUT2D eigenvalue weighted by molar-refractivity contribution is 9.10. The maximum atomic E-state index is 14.1. The molecule has 3 rings (SSSR count). The average Bonchev–Trinajstić information content (AvgIpc) is 2.96. The number of ether oxygens (including phenoxy) is 1. The van der Waals surface area contributed by atoms with Crippen LogP contribution >= 0.6 is 15.9 Å². The molecule has 8 nitrogen and oxygen atoms in total. The Labute approximate surface area is 245 Å². The first-order valence-electron chi connectivity index (χ1n) is 13.2. The molecule has 0 unspecified atom stereocenters. The van der Waals surface area contributed by atoms with Crippen molar-refractivity contribution in [2.24, 2.45) is 0 Å². The first-order valence-corrected chi connectivity index (χ1v) is 15.4. The van der Waals surface area contributed by atoms with Crippen molar-refractivity contribution in [1.82, 2.24) is 10.2 Å². The molecule has 10 heteroatoms. The standard InChI is InChI=1S/C30H36BrN3O5S/c1-5-22(3)32-30(36)28(6-2)33(20-23-15-17-26(39-4)18-16-23)29(35)21-34(25-12-10-11-24(31)19-25)40(37,38)27-13-8-7-9-14-27/h7-19,22,28H,5-6,20-21H2,1-4H3,(H,32,36)/t22-,28+/m1/s1. The van der Waals surface area contributed by atoms with Crippen molar-refractivity contribution >= 4 is 43.5 Å². The molecule has 0 heterocycles. The molecule has 0 radical (unpaired) electrons. The molecule has 3 aromatic carbocycles. The molecular weight excluding hydrogens is 594 g/mol. The maximum absolute atomic E-state index is 14.1. The van der Waals surface area contributed by atoms with E-state index in [1.807, 2.05) is 32.9 Å². The summed E-state index contributed by atoms with van der Waals surface area (Å²) in [5.74, 6) is -0.113. The van der Waals surface area contributed by atoms with E-state index in [1.165, 1.54) is 17.0 Å². The lowest BCUT2D eigenvalue weighted by molar-refractivity contribution is -0.140.